The zero-order valence-corrected chi connectivity index (χ0v) is 12.8. The summed E-state index contributed by atoms with van der Waals surface area (Å²) in [5.41, 5.74) is 2.82. The molecule has 1 atom stereocenters. The van der Waals surface area contributed by atoms with Crippen LogP contribution in [0.15, 0.2) is 29.7 Å². The molecule has 0 saturated heterocycles. The molecule has 1 aromatic carbocycles. The number of aromatic nitrogens is 3. The third kappa shape index (κ3) is 3.57. The minimum atomic E-state index is -0.528. The number of aliphatic hydroxyl groups excluding tert-OH is 1. The molecule has 1 aromatic heterocycles. The van der Waals surface area contributed by atoms with E-state index < -0.39 is 6.10 Å². The fourth-order valence-electron chi connectivity index (χ4n) is 2.45. The van der Waals surface area contributed by atoms with Gasteiger partial charge in [-0.15, -0.1) is 10.2 Å². The molecular formula is C15H19N3O2S. The molecule has 1 N–H and O–H groups in total. The third-order valence-electron chi connectivity index (χ3n) is 3.59. The Morgan fingerprint density at radius 3 is 3.05 bits per heavy atom. The van der Waals surface area contributed by atoms with Crippen LogP contribution in [0.5, 0.6) is 5.75 Å². The van der Waals surface area contributed by atoms with Crippen molar-refractivity contribution in [1.82, 2.24) is 14.8 Å². The molecule has 5 nitrogen and oxygen atoms in total. The second-order valence-electron chi connectivity index (χ2n) is 5.28. The van der Waals surface area contributed by atoms with Gasteiger partial charge in [0, 0.05) is 12.8 Å². The minimum absolute atomic E-state index is 0.295. The predicted molar refractivity (Wildman–Crippen MR) is 81.7 cm³/mol. The van der Waals surface area contributed by atoms with Gasteiger partial charge in [-0.3, -0.25) is 0 Å². The molecule has 1 aliphatic rings. The largest absolute Gasteiger partial charge is 0.491 e. The van der Waals surface area contributed by atoms with Gasteiger partial charge in [-0.1, -0.05) is 17.8 Å². The summed E-state index contributed by atoms with van der Waals surface area (Å²) in [6.07, 6.45) is 4.66. The van der Waals surface area contributed by atoms with Gasteiger partial charge in [0.1, 0.15) is 18.7 Å². The number of thioether (sulfide) groups is 1. The van der Waals surface area contributed by atoms with Crippen LogP contribution in [0.1, 0.15) is 17.5 Å². The van der Waals surface area contributed by atoms with E-state index in [0.717, 1.165) is 17.3 Å². The van der Waals surface area contributed by atoms with Crippen molar-refractivity contribution in [2.75, 3.05) is 12.4 Å². The maximum absolute atomic E-state index is 9.99. The lowest BCUT2D eigenvalue weighted by atomic mass is 10.1. The first-order chi connectivity index (χ1) is 10.2. The van der Waals surface area contributed by atoms with E-state index in [1.165, 1.54) is 35.7 Å². The van der Waals surface area contributed by atoms with Gasteiger partial charge in [-0.05, 0) is 42.5 Å². The van der Waals surface area contributed by atoms with Crippen LogP contribution in [0.4, 0.5) is 0 Å². The Labute approximate surface area is 128 Å². The normalized spacial score (nSPS) is 15.0. The number of aliphatic hydroxyl groups is 1. The van der Waals surface area contributed by atoms with Crippen LogP contribution in [0, 0.1) is 0 Å². The van der Waals surface area contributed by atoms with Crippen LogP contribution in [-0.2, 0) is 19.9 Å². The Balaban J connectivity index is 1.47. The number of aryl methyl sites for hydroxylation is 3. The van der Waals surface area contributed by atoms with E-state index in [-0.39, 0.29) is 0 Å². The number of hydrogen-bond acceptors (Lipinski definition) is 5. The highest BCUT2D eigenvalue weighted by atomic mass is 32.2. The predicted octanol–water partition coefficient (Wildman–Crippen LogP) is 1.84. The van der Waals surface area contributed by atoms with Crippen LogP contribution in [-0.4, -0.2) is 38.3 Å². The van der Waals surface area contributed by atoms with Crippen LogP contribution < -0.4 is 4.74 Å². The summed E-state index contributed by atoms with van der Waals surface area (Å²) in [6, 6.07) is 6.23. The van der Waals surface area contributed by atoms with Crippen molar-refractivity contribution in [1.29, 1.82) is 0 Å². The highest BCUT2D eigenvalue weighted by molar-refractivity contribution is 7.99. The van der Waals surface area contributed by atoms with E-state index in [1.807, 2.05) is 17.7 Å². The molecule has 112 valence electrons. The zero-order valence-electron chi connectivity index (χ0n) is 12.0. The van der Waals surface area contributed by atoms with Gasteiger partial charge in [-0.25, -0.2) is 0 Å². The van der Waals surface area contributed by atoms with Crippen molar-refractivity contribution >= 4 is 11.8 Å². The molecule has 21 heavy (non-hydrogen) atoms. The van der Waals surface area contributed by atoms with Crippen LogP contribution >= 0.6 is 11.8 Å². The van der Waals surface area contributed by atoms with Crippen molar-refractivity contribution < 1.29 is 9.84 Å². The fraction of sp³-hybridized carbons (Fsp3) is 0.467. The maximum Gasteiger partial charge on any atom is 0.190 e. The van der Waals surface area contributed by atoms with E-state index in [1.54, 1.807) is 6.33 Å². The molecule has 1 unspecified atom stereocenters. The fourth-order valence-corrected chi connectivity index (χ4v) is 3.25. The number of ether oxygens (including phenoxy) is 1. The standard InChI is InChI=1S/C15H19N3O2S/c1-18-10-16-17-15(18)21-9-13(19)8-20-14-6-5-11-3-2-4-12(11)7-14/h5-7,10,13,19H,2-4,8-9H2,1H3. The Kier molecular flexibility index (Phi) is 4.45. The first kappa shape index (κ1) is 14.4. The van der Waals surface area contributed by atoms with Crippen LogP contribution in [0.2, 0.25) is 0 Å². The van der Waals surface area contributed by atoms with Gasteiger partial charge in [-0.2, -0.15) is 0 Å². The highest BCUT2D eigenvalue weighted by Gasteiger charge is 2.13. The van der Waals surface area contributed by atoms with Crippen molar-refractivity contribution in [2.24, 2.45) is 7.05 Å². The lowest BCUT2D eigenvalue weighted by molar-refractivity contribution is 0.126. The summed E-state index contributed by atoms with van der Waals surface area (Å²) in [5.74, 6) is 1.38. The number of rotatable bonds is 6. The van der Waals surface area contributed by atoms with Crippen molar-refractivity contribution in [3.05, 3.63) is 35.7 Å². The van der Waals surface area contributed by atoms with Crippen LogP contribution in [0.25, 0.3) is 0 Å². The SMILES string of the molecule is Cn1cnnc1SCC(O)COc1ccc2c(c1)CCC2. The average Bonchev–Trinajstić information content (AvgIpc) is 3.11. The van der Waals surface area contributed by atoms with E-state index >= 15 is 0 Å². The molecule has 3 rings (SSSR count). The van der Waals surface area contributed by atoms with E-state index in [2.05, 4.69) is 22.3 Å². The molecule has 6 heteroatoms. The smallest absolute Gasteiger partial charge is 0.190 e. The first-order valence-corrected chi connectivity index (χ1v) is 8.10. The Morgan fingerprint density at radius 2 is 2.24 bits per heavy atom. The van der Waals surface area contributed by atoms with E-state index in [4.69, 9.17) is 4.74 Å². The molecular weight excluding hydrogens is 286 g/mol. The second kappa shape index (κ2) is 6.49. The molecule has 0 radical (unpaired) electrons. The summed E-state index contributed by atoms with van der Waals surface area (Å²) >= 11 is 1.48. The molecule has 0 saturated carbocycles. The van der Waals surface area contributed by atoms with Gasteiger partial charge in [0.2, 0.25) is 0 Å². The summed E-state index contributed by atoms with van der Waals surface area (Å²) in [6.45, 7) is 0.295. The molecule has 0 bridgehead atoms. The summed E-state index contributed by atoms with van der Waals surface area (Å²) in [4.78, 5) is 0. The third-order valence-corrected chi connectivity index (χ3v) is 4.77. The van der Waals surface area contributed by atoms with E-state index in [9.17, 15) is 5.11 Å². The molecule has 2 aromatic rings. The summed E-state index contributed by atoms with van der Waals surface area (Å²) in [7, 11) is 1.88. The van der Waals surface area contributed by atoms with E-state index in [0.29, 0.717) is 12.4 Å². The minimum Gasteiger partial charge on any atom is -0.491 e. The van der Waals surface area contributed by atoms with Gasteiger partial charge < -0.3 is 14.4 Å². The first-order valence-electron chi connectivity index (χ1n) is 7.12. The van der Waals surface area contributed by atoms with Crippen molar-refractivity contribution in [3.8, 4) is 5.75 Å². The number of benzene rings is 1. The lowest BCUT2D eigenvalue weighted by Gasteiger charge is -2.12. The van der Waals surface area contributed by atoms with Gasteiger partial charge in [0.15, 0.2) is 5.16 Å². The molecule has 0 aliphatic heterocycles. The topological polar surface area (TPSA) is 60.2 Å². The van der Waals surface area contributed by atoms with Gasteiger partial charge in [0.05, 0.1) is 6.10 Å². The molecule has 0 amide bonds. The van der Waals surface area contributed by atoms with Gasteiger partial charge in [0.25, 0.3) is 0 Å². The Hall–Kier alpha value is -1.53. The van der Waals surface area contributed by atoms with Crippen molar-refractivity contribution in [2.45, 2.75) is 30.5 Å². The summed E-state index contributed by atoms with van der Waals surface area (Å²) in [5, 5.41) is 18.6. The number of nitrogens with zero attached hydrogens (tertiary/aromatic N) is 3. The lowest BCUT2D eigenvalue weighted by Crippen LogP contribution is -2.20. The highest BCUT2D eigenvalue weighted by Crippen LogP contribution is 2.26. The Bertz CT molecular complexity index is 615. The second-order valence-corrected chi connectivity index (χ2v) is 6.27. The maximum atomic E-state index is 9.99. The molecule has 0 spiro atoms. The average molecular weight is 305 g/mol. The molecule has 1 heterocycles. The quantitative estimate of drug-likeness (QED) is 0.825. The zero-order chi connectivity index (χ0) is 14.7. The summed E-state index contributed by atoms with van der Waals surface area (Å²) < 4.78 is 7.52. The monoisotopic (exact) mass is 305 g/mol. The van der Waals surface area contributed by atoms with Gasteiger partial charge >= 0.3 is 0 Å². The van der Waals surface area contributed by atoms with Crippen molar-refractivity contribution in [3.63, 3.8) is 0 Å². The number of fused-ring (bicyclic) bond motifs is 1. The molecule has 0 fully saturated rings. The molecule has 1 aliphatic carbocycles. The number of hydrogen-bond donors (Lipinski definition) is 1. The Morgan fingerprint density at radius 1 is 1.38 bits per heavy atom. The van der Waals surface area contributed by atoms with Crippen LogP contribution in [0.3, 0.4) is 0 Å².